The van der Waals surface area contributed by atoms with E-state index in [0.29, 0.717) is 16.6 Å². The van der Waals surface area contributed by atoms with Crippen molar-refractivity contribution < 1.29 is 4.79 Å². The summed E-state index contributed by atoms with van der Waals surface area (Å²) in [4.78, 5) is 18.7. The normalized spacial score (nSPS) is 9.64. The maximum Gasteiger partial charge on any atom is 0.182 e. The highest BCUT2D eigenvalue weighted by Gasteiger charge is 2.07. The van der Waals surface area contributed by atoms with Gasteiger partial charge in [0.2, 0.25) is 0 Å². The number of carbonyl (C=O) groups excluding carboxylic acids is 1. The SMILES string of the molecule is CCC(=O)c1ncncc1Br. The van der Waals surface area contributed by atoms with Gasteiger partial charge in [0.05, 0.1) is 4.47 Å². The molecule has 1 heterocycles. The lowest BCUT2D eigenvalue weighted by Gasteiger charge is -1.96. The van der Waals surface area contributed by atoms with E-state index < -0.39 is 0 Å². The Hall–Kier alpha value is -0.770. The molecular formula is C7H7BrN2O. The number of hydrogen-bond acceptors (Lipinski definition) is 3. The van der Waals surface area contributed by atoms with E-state index in [9.17, 15) is 4.79 Å². The van der Waals surface area contributed by atoms with Crippen molar-refractivity contribution in [1.82, 2.24) is 9.97 Å². The molecule has 3 nitrogen and oxygen atoms in total. The molecule has 0 atom stereocenters. The first kappa shape index (κ1) is 8.33. The van der Waals surface area contributed by atoms with Crippen molar-refractivity contribution in [2.45, 2.75) is 13.3 Å². The molecular weight excluding hydrogens is 208 g/mol. The van der Waals surface area contributed by atoms with Gasteiger partial charge >= 0.3 is 0 Å². The van der Waals surface area contributed by atoms with E-state index in [1.54, 1.807) is 13.1 Å². The molecule has 0 N–H and O–H groups in total. The van der Waals surface area contributed by atoms with Crippen LogP contribution in [0.25, 0.3) is 0 Å². The maximum absolute atomic E-state index is 11.1. The summed E-state index contributed by atoms with van der Waals surface area (Å²) in [7, 11) is 0. The third-order valence-electron chi connectivity index (χ3n) is 1.25. The van der Waals surface area contributed by atoms with E-state index in [4.69, 9.17) is 0 Å². The molecule has 0 fully saturated rings. The second-order valence-corrected chi connectivity index (χ2v) is 2.85. The highest BCUT2D eigenvalue weighted by atomic mass is 79.9. The molecule has 0 saturated heterocycles. The third-order valence-corrected chi connectivity index (χ3v) is 1.83. The fourth-order valence-corrected chi connectivity index (χ4v) is 1.13. The highest BCUT2D eigenvalue weighted by Crippen LogP contribution is 2.12. The first-order chi connectivity index (χ1) is 5.25. The minimum atomic E-state index is 0.0271. The van der Waals surface area contributed by atoms with Crippen LogP contribution in [0.4, 0.5) is 0 Å². The first-order valence-corrected chi connectivity index (χ1v) is 4.03. The zero-order valence-corrected chi connectivity index (χ0v) is 7.63. The molecule has 0 radical (unpaired) electrons. The molecule has 0 aromatic carbocycles. The molecule has 1 aromatic heterocycles. The van der Waals surface area contributed by atoms with Crippen molar-refractivity contribution in [2.75, 3.05) is 0 Å². The highest BCUT2D eigenvalue weighted by molar-refractivity contribution is 9.10. The molecule has 4 heteroatoms. The molecule has 1 aromatic rings. The summed E-state index contributed by atoms with van der Waals surface area (Å²) >= 11 is 3.19. The Morgan fingerprint density at radius 2 is 2.45 bits per heavy atom. The minimum absolute atomic E-state index is 0.0271. The fraction of sp³-hybridized carbons (Fsp3) is 0.286. The monoisotopic (exact) mass is 214 g/mol. The van der Waals surface area contributed by atoms with Gasteiger partial charge in [0.1, 0.15) is 12.0 Å². The van der Waals surface area contributed by atoms with Crippen LogP contribution in [0.15, 0.2) is 17.0 Å². The molecule has 1 rings (SSSR count). The number of rotatable bonds is 2. The van der Waals surface area contributed by atoms with Gasteiger partial charge in [0.15, 0.2) is 5.78 Å². The standard InChI is InChI=1S/C7H7BrN2O/c1-2-6(11)7-5(8)3-9-4-10-7/h3-4H,2H2,1H3. The quantitative estimate of drug-likeness (QED) is 0.706. The van der Waals surface area contributed by atoms with E-state index in [0.717, 1.165) is 0 Å². The predicted octanol–water partition coefficient (Wildman–Crippen LogP) is 1.83. The van der Waals surface area contributed by atoms with Crippen LogP contribution in [0.3, 0.4) is 0 Å². The first-order valence-electron chi connectivity index (χ1n) is 3.24. The van der Waals surface area contributed by atoms with Gasteiger partial charge < -0.3 is 0 Å². The van der Waals surface area contributed by atoms with Crippen LogP contribution in [0, 0.1) is 0 Å². The van der Waals surface area contributed by atoms with Crippen molar-refractivity contribution in [1.29, 1.82) is 0 Å². The molecule has 0 amide bonds. The Morgan fingerprint density at radius 1 is 1.73 bits per heavy atom. The van der Waals surface area contributed by atoms with Crippen LogP contribution in [0.2, 0.25) is 0 Å². The number of Topliss-reactive ketones (excluding diaryl/α,β-unsaturated/α-hetero) is 1. The molecule has 0 aliphatic heterocycles. The smallest absolute Gasteiger partial charge is 0.182 e. The Balaban J connectivity index is 3.03. The van der Waals surface area contributed by atoms with Crippen molar-refractivity contribution in [3.63, 3.8) is 0 Å². The third kappa shape index (κ3) is 1.83. The molecule has 0 aliphatic carbocycles. The summed E-state index contributed by atoms with van der Waals surface area (Å²) in [5.74, 6) is 0.0271. The zero-order chi connectivity index (χ0) is 8.27. The van der Waals surface area contributed by atoms with Gasteiger partial charge in [0.25, 0.3) is 0 Å². The van der Waals surface area contributed by atoms with Crippen molar-refractivity contribution in [3.8, 4) is 0 Å². The summed E-state index contributed by atoms with van der Waals surface area (Å²) in [6, 6.07) is 0. The molecule has 0 saturated carbocycles. The Labute approximate surface area is 73.0 Å². The molecule has 58 valence electrons. The van der Waals surface area contributed by atoms with Crippen molar-refractivity contribution in [3.05, 3.63) is 22.7 Å². The van der Waals surface area contributed by atoms with E-state index >= 15 is 0 Å². The van der Waals surface area contributed by atoms with Gasteiger partial charge in [-0.05, 0) is 15.9 Å². The van der Waals surface area contributed by atoms with E-state index in [1.807, 2.05) is 0 Å². The summed E-state index contributed by atoms with van der Waals surface area (Å²) in [6.45, 7) is 1.80. The van der Waals surface area contributed by atoms with Gasteiger partial charge in [-0.3, -0.25) is 4.79 Å². The average molecular weight is 215 g/mol. The second-order valence-electron chi connectivity index (χ2n) is 2.00. The second kappa shape index (κ2) is 3.57. The maximum atomic E-state index is 11.1. The van der Waals surface area contributed by atoms with Gasteiger partial charge in [0, 0.05) is 12.6 Å². The van der Waals surface area contributed by atoms with Crippen molar-refractivity contribution in [2.24, 2.45) is 0 Å². The minimum Gasteiger partial charge on any atom is -0.292 e. The molecule has 0 spiro atoms. The lowest BCUT2D eigenvalue weighted by molar-refractivity contribution is 0.0982. The summed E-state index contributed by atoms with van der Waals surface area (Å²) < 4.78 is 0.659. The fourth-order valence-electron chi connectivity index (χ4n) is 0.685. The van der Waals surface area contributed by atoms with Gasteiger partial charge in [-0.25, -0.2) is 9.97 Å². The summed E-state index contributed by atoms with van der Waals surface area (Å²) in [5, 5.41) is 0. The van der Waals surface area contributed by atoms with Crippen LogP contribution in [0.5, 0.6) is 0 Å². The van der Waals surface area contributed by atoms with E-state index in [1.165, 1.54) is 6.33 Å². The summed E-state index contributed by atoms with van der Waals surface area (Å²) in [5.41, 5.74) is 0.461. The number of nitrogens with zero attached hydrogens (tertiary/aromatic N) is 2. The Kier molecular flexibility index (Phi) is 2.70. The van der Waals surface area contributed by atoms with E-state index in [-0.39, 0.29) is 5.78 Å². The predicted molar refractivity (Wildman–Crippen MR) is 44.4 cm³/mol. The topological polar surface area (TPSA) is 42.9 Å². The lowest BCUT2D eigenvalue weighted by Crippen LogP contribution is -2.01. The number of halogens is 1. The number of aromatic nitrogens is 2. The van der Waals surface area contributed by atoms with E-state index in [2.05, 4.69) is 25.9 Å². The Morgan fingerprint density at radius 3 is 3.00 bits per heavy atom. The van der Waals surface area contributed by atoms with Crippen LogP contribution in [-0.2, 0) is 0 Å². The average Bonchev–Trinajstić information content (AvgIpc) is 2.04. The molecule has 11 heavy (non-hydrogen) atoms. The Bertz CT molecular complexity index is 275. The van der Waals surface area contributed by atoms with Crippen LogP contribution in [-0.4, -0.2) is 15.8 Å². The molecule has 0 aliphatic rings. The van der Waals surface area contributed by atoms with Gasteiger partial charge in [-0.15, -0.1) is 0 Å². The van der Waals surface area contributed by atoms with Gasteiger partial charge in [-0.1, -0.05) is 6.92 Å². The molecule has 0 unspecified atom stereocenters. The van der Waals surface area contributed by atoms with Gasteiger partial charge in [-0.2, -0.15) is 0 Å². The molecule has 0 bridgehead atoms. The largest absolute Gasteiger partial charge is 0.292 e. The number of ketones is 1. The number of carbonyl (C=O) groups is 1. The van der Waals surface area contributed by atoms with Crippen molar-refractivity contribution >= 4 is 21.7 Å². The lowest BCUT2D eigenvalue weighted by atomic mass is 10.2. The zero-order valence-electron chi connectivity index (χ0n) is 6.04. The summed E-state index contributed by atoms with van der Waals surface area (Å²) in [6.07, 6.45) is 3.40. The van der Waals surface area contributed by atoms with Crippen LogP contribution >= 0.6 is 15.9 Å². The van der Waals surface area contributed by atoms with Crippen LogP contribution < -0.4 is 0 Å². The number of hydrogen-bond donors (Lipinski definition) is 0. The van der Waals surface area contributed by atoms with Crippen LogP contribution in [0.1, 0.15) is 23.8 Å².